The monoisotopic (exact) mass is 361 g/mol. The minimum absolute atomic E-state index is 0.271. The van der Waals surface area contributed by atoms with Crippen molar-refractivity contribution in [2.45, 2.75) is 58.3 Å². The third-order valence-electron chi connectivity index (χ3n) is 6.41. The number of likely N-dealkylation sites (N-methyl/N-ethyl adjacent to an activating group) is 1. The fourth-order valence-electron chi connectivity index (χ4n) is 4.46. The van der Waals surface area contributed by atoms with Gasteiger partial charge in [0, 0.05) is 51.3 Å². The number of piperazine rings is 1. The van der Waals surface area contributed by atoms with Crippen molar-refractivity contribution in [3.05, 3.63) is 11.6 Å². The van der Waals surface area contributed by atoms with E-state index in [2.05, 4.69) is 17.9 Å². The Morgan fingerprint density at radius 1 is 1.00 bits per heavy atom. The molecule has 0 aromatic heterocycles. The molecule has 0 bridgehead atoms. The summed E-state index contributed by atoms with van der Waals surface area (Å²) in [5, 5.41) is 0. The molecule has 2 fully saturated rings. The van der Waals surface area contributed by atoms with Gasteiger partial charge in [0.2, 0.25) is 11.8 Å². The van der Waals surface area contributed by atoms with Crippen LogP contribution in [-0.4, -0.2) is 72.3 Å². The number of rotatable bonds is 5. The lowest BCUT2D eigenvalue weighted by Gasteiger charge is -2.35. The summed E-state index contributed by atoms with van der Waals surface area (Å²) in [6.45, 7) is 8.78. The molecule has 1 aliphatic carbocycles. The third-order valence-corrected chi connectivity index (χ3v) is 6.41. The van der Waals surface area contributed by atoms with Crippen molar-refractivity contribution in [1.82, 2.24) is 14.7 Å². The predicted octanol–water partition coefficient (Wildman–Crippen LogP) is 2.67. The minimum atomic E-state index is 0.271. The smallest absolute Gasteiger partial charge is 0.249 e. The molecular formula is C21H35N3O2. The zero-order chi connectivity index (χ0) is 18.4. The second-order valence-electron chi connectivity index (χ2n) is 8.06. The Bertz CT molecular complexity index is 515. The van der Waals surface area contributed by atoms with Crippen LogP contribution in [0.2, 0.25) is 0 Å². The summed E-state index contributed by atoms with van der Waals surface area (Å²) in [4.78, 5) is 31.5. The second kappa shape index (κ2) is 9.54. The maximum atomic E-state index is 12.6. The maximum Gasteiger partial charge on any atom is 0.249 e. The number of nitrogens with zero attached hydrogens (tertiary/aromatic N) is 3. The van der Waals surface area contributed by atoms with Crippen molar-refractivity contribution in [2.75, 3.05) is 45.8 Å². The van der Waals surface area contributed by atoms with Crippen LogP contribution in [0.15, 0.2) is 11.6 Å². The fourth-order valence-corrected chi connectivity index (χ4v) is 4.46. The van der Waals surface area contributed by atoms with Crippen LogP contribution in [0.1, 0.15) is 58.3 Å². The van der Waals surface area contributed by atoms with Gasteiger partial charge < -0.3 is 14.7 Å². The van der Waals surface area contributed by atoms with Gasteiger partial charge in [-0.3, -0.25) is 9.59 Å². The van der Waals surface area contributed by atoms with Gasteiger partial charge in [-0.25, -0.2) is 0 Å². The van der Waals surface area contributed by atoms with Crippen molar-refractivity contribution in [1.29, 1.82) is 0 Å². The van der Waals surface area contributed by atoms with E-state index in [1.807, 2.05) is 9.80 Å². The van der Waals surface area contributed by atoms with Gasteiger partial charge in [0.1, 0.15) is 0 Å². The lowest BCUT2D eigenvalue weighted by Crippen LogP contribution is -2.48. The Morgan fingerprint density at radius 3 is 2.35 bits per heavy atom. The van der Waals surface area contributed by atoms with E-state index in [-0.39, 0.29) is 5.91 Å². The second-order valence-corrected chi connectivity index (χ2v) is 8.06. The lowest BCUT2D eigenvalue weighted by molar-refractivity contribution is -0.134. The average Bonchev–Trinajstić information content (AvgIpc) is 2.72. The molecule has 0 radical (unpaired) electrons. The molecule has 0 spiro atoms. The highest BCUT2D eigenvalue weighted by Crippen LogP contribution is 2.26. The molecule has 26 heavy (non-hydrogen) atoms. The van der Waals surface area contributed by atoms with Crippen molar-refractivity contribution < 1.29 is 9.59 Å². The molecule has 0 saturated carbocycles. The first-order chi connectivity index (χ1) is 12.7. The van der Waals surface area contributed by atoms with Crippen LogP contribution in [0.5, 0.6) is 0 Å². The molecule has 5 heteroatoms. The Kier molecular flexibility index (Phi) is 7.12. The van der Waals surface area contributed by atoms with Gasteiger partial charge in [-0.2, -0.15) is 0 Å². The molecule has 2 saturated heterocycles. The molecule has 5 nitrogen and oxygen atoms in total. The molecule has 0 atom stereocenters. The molecule has 0 aromatic rings. The number of carbonyl (C=O) groups is 2. The number of carbonyl (C=O) groups excluding carboxylic acids is 2. The molecule has 0 N–H and O–H groups in total. The van der Waals surface area contributed by atoms with Crippen LogP contribution in [-0.2, 0) is 9.59 Å². The first-order valence-corrected chi connectivity index (χ1v) is 10.7. The van der Waals surface area contributed by atoms with Crippen LogP contribution >= 0.6 is 0 Å². The highest BCUT2D eigenvalue weighted by atomic mass is 16.2. The Morgan fingerprint density at radius 2 is 1.73 bits per heavy atom. The molecule has 146 valence electrons. The zero-order valence-corrected chi connectivity index (χ0v) is 16.4. The van der Waals surface area contributed by atoms with Crippen LogP contribution in [0.25, 0.3) is 0 Å². The number of hydrogen-bond acceptors (Lipinski definition) is 3. The van der Waals surface area contributed by atoms with Gasteiger partial charge >= 0.3 is 0 Å². The van der Waals surface area contributed by atoms with Crippen LogP contribution in [0.3, 0.4) is 0 Å². The molecule has 0 aromatic carbocycles. The summed E-state index contributed by atoms with van der Waals surface area (Å²) in [6, 6.07) is 0. The predicted molar refractivity (Wildman–Crippen MR) is 104 cm³/mol. The van der Waals surface area contributed by atoms with Gasteiger partial charge in [0.15, 0.2) is 0 Å². The van der Waals surface area contributed by atoms with E-state index in [0.717, 1.165) is 89.9 Å². The Balaban J connectivity index is 1.36. The molecule has 2 heterocycles. The quantitative estimate of drug-likeness (QED) is 0.756. The summed E-state index contributed by atoms with van der Waals surface area (Å²) in [6.07, 6.45) is 10.3. The molecule has 0 unspecified atom stereocenters. The highest BCUT2D eigenvalue weighted by molar-refractivity contribution is 5.93. The Labute approximate surface area is 158 Å². The fraction of sp³-hybridized carbons (Fsp3) is 0.810. The minimum Gasteiger partial charge on any atom is -0.340 e. The molecule has 2 aliphatic heterocycles. The average molecular weight is 362 g/mol. The lowest BCUT2D eigenvalue weighted by atomic mass is 9.91. The SMILES string of the molecule is CCN1CCN(C(=O)CCC2CCN(C(=O)C3=CCCCC3)CC2)CC1. The van der Waals surface area contributed by atoms with E-state index < -0.39 is 0 Å². The first kappa shape index (κ1) is 19.4. The van der Waals surface area contributed by atoms with Gasteiger partial charge in [0.25, 0.3) is 0 Å². The van der Waals surface area contributed by atoms with Gasteiger partial charge in [-0.1, -0.05) is 13.0 Å². The zero-order valence-electron chi connectivity index (χ0n) is 16.4. The van der Waals surface area contributed by atoms with Crippen LogP contribution in [0, 0.1) is 5.92 Å². The summed E-state index contributed by atoms with van der Waals surface area (Å²) in [5.41, 5.74) is 1.04. The van der Waals surface area contributed by atoms with E-state index in [1.165, 1.54) is 6.42 Å². The molecule has 3 rings (SSSR count). The van der Waals surface area contributed by atoms with E-state index >= 15 is 0 Å². The van der Waals surface area contributed by atoms with Crippen molar-refractivity contribution in [3.8, 4) is 0 Å². The van der Waals surface area contributed by atoms with Crippen LogP contribution in [0.4, 0.5) is 0 Å². The van der Waals surface area contributed by atoms with E-state index in [1.54, 1.807) is 0 Å². The Hall–Kier alpha value is -1.36. The van der Waals surface area contributed by atoms with Crippen molar-refractivity contribution in [2.24, 2.45) is 5.92 Å². The number of amides is 2. The van der Waals surface area contributed by atoms with Gasteiger partial charge in [-0.05, 0) is 57.4 Å². The van der Waals surface area contributed by atoms with Gasteiger partial charge in [0.05, 0.1) is 0 Å². The van der Waals surface area contributed by atoms with E-state index in [4.69, 9.17) is 0 Å². The summed E-state index contributed by atoms with van der Waals surface area (Å²) >= 11 is 0. The van der Waals surface area contributed by atoms with Crippen LogP contribution < -0.4 is 0 Å². The van der Waals surface area contributed by atoms with Crippen molar-refractivity contribution >= 4 is 11.8 Å². The first-order valence-electron chi connectivity index (χ1n) is 10.7. The van der Waals surface area contributed by atoms with E-state index in [9.17, 15) is 9.59 Å². The highest BCUT2D eigenvalue weighted by Gasteiger charge is 2.26. The molecule has 2 amide bonds. The normalized spacial score (nSPS) is 23.0. The largest absolute Gasteiger partial charge is 0.340 e. The topological polar surface area (TPSA) is 43.9 Å². The summed E-state index contributed by atoms with van der Waals surface area (Å²) in [5.74, 6) is 1.19. The van der Waals surface area contributed by atoms with Gasteiger partial charge in [-0.15, -0.1) is 0 Å². The standard InChI is InChI=1S/C21H35N3O2/c1-2-22-14-16-23(17-15-22)20(25)9-8-18-10-12-24(13-11-18)21(26)19-6-4-3-5-7-19/h6,18H,2-5,7-17H2,1H3. The molecular weight excluding hydrogens is 326 g/mol. The number of hydrogen-bond donors (Lipinski definition) is 0. The number of piperidine rings is 1. The summed E-state index contributed by atoms with van der Waals surface area (Å²) in [7, 11) is 0. The number of likely N-dealkylation sites (tertiary alicyclic amines) is 1. The number of allylic oxidation sites excluding steroid dienone is 1. The summed E-state index contributed by atoms with van der Waals surface area (Å²) < 4.78 is 0. The third kappa shape index (κ3) is 5.09. The van der Waals surface area contributed by atoms with E-state index in [0.29, 0.717) is 18.2 Å². The molecule has 3 aliphatic rings. The maximum absolute atomic E-state index is 12.6. The van der Waals surface area contributed by atoms with Crippen molar-refractivity contribution in [3.63, 3.8) is 0 Å².